The maximum Gasteiger partial charge on any atom is 0.319 e. The summed E-state index contributed by atoms with van der Waals surface area (Å²) in [6.45, 7) is 3.79. The first kappa shape index (κ1) is 17.0. The standard InChI is InChI=1S/C16H16BrN7O/c1-10-4-5-13(12(17)8-10)23-16(25)22-11(2)14-20-9-21-24(14)15-18-6-3-7-19-15/h3-9,11H,1-2H3,(H2,22,23,25). The van der Waals surface area contributed by atoms with Gasteiger partial charge >= 0.3 is 6.03 Å². The van der Waals surface area contributed by atoms with Crippen LogP contribution in [0, 0.1) is 6.92 Å². The van der Waals surface area contributed by atoms with Crippen LogP contribution in [0.1, 0.15) is 24.4 Å². The number of carbonyl (C=O) groups excluding carboxylic acids is 1. The minimum Gasteiger partial charge on any atom is -0.328 e. The van der Waals surface area contributed by atoms with Gasteiger partial charge in [-0.3, -0.25) is 0 Å². The zero-order valence-electron chi connectivity index (χ0n) is 13.6. The molecule has 0 radical (unpaired) electrons. The molecule has 3 aromatic rings. The molecule has 1 atom stereocenters. The zero-order valence-corrected chi connectivity index (χ0v) is 15.2. The third-order valence-electron chi connectivity index (χ3n) is 3.42. The average molecular weight is 402 g/mol. The fourth-order valence-electron chi connectivity index (χ4n) is 2.24. The highest BCUT2D eigenvalue weighted by atomic mass is 79.9. The van der Waals surface area contributed by atoms with Gasteiger partial charge in [-0.2, -0.15) is 9.78 Å². The molecule has 0 aliphatic carbocycles. The number of anilines is 1. The van der Waals surface area contributed by atoms with Gasteiger partial charge in [0.1, 0.15) is 6.33 Å². The van der Waals surface area contributed by atoms with E-state index in [0.29, 0.717) is 17.5 Å². The number of hydrogen-bond acceptors (Lipinski definition) is 5. The zero-order chi connectivity index (χ0) is 17.8. The van der Waals surface area contributed by atoms with Crippen LogP contribution in [0.2, 0.25) is 0 Å². The van der Waals surface area contributed by atoms with Crippen LogP contribution in [0.5, 0.6) is 0 Å². The molecule has 2 amide bonds. The van der Waals surface area contributed by atoms with Crippen LogP contribution in [0.15, 0.2) is 47.5 Å². The molecule has 0 aliphatic rings. The molecule has 0 bridgehead atoms. The molecule has 1 aromatic carbocycles. The maximum absolute atomic E-state index is 12.3. The summed E-state index contributed by atoms with van der Waals surface area (Å²) < 4.78 is 2.31. The quantitative estimate of drug-likeness (QED) is 0.699. The number of nitrogens with one attached hydrogen (secondary N) is 2. The van der Waals surface area contributed by atoms with E-state index < -0.39 is 6.04 Å². The summed E-state index contributed by atoms with van der Waals surface area (Å²) in [6, 6.07) is 6.67. The highest BCUT2D eigenvalue weighted by molar-refractivity contribution is 9.10. The Morgan fingerprint density at radius 2 is 2.00 bits per heavy atom. The molecule has 0 spiro atoms. The van der Waals surface area contributed by atoms with Crippen LogP contribution in [0.4, 0.5) is 10.5 Å². The molecule has 0 saturated heterocycles. The van der Waals surface area contributed by atoms with E-state index in [1.54, 1.807) is 18.5 Å². The first-order valence-corrected chi connectivity index (χ1v) is 8.35. The molecule has 2 N–H and O–H groups in total. The second kappa shape index (κ2) is 7.39. The van der Waals surface area contributed by atoms with E-state index in [-0.39, 0.29) is 6.03 Å². The second-order valence-electron chi connectivity index (χ2n) is 5.38. The third kappa shape index (κ3) is 4.00. The van der Waals surface area contributed by atoms with Gasteiger partial charge in [0.15, 0.2) is 5.82 Å². The molecule has 0 fully saturated rings. The van der Waals surface area contributed by atoms with Crippen molar-refractivity contribution in [3.05, 3.63) is 58.8 Å². The first-order chi connectivity index (χ1) is 12.0. The van der Waals surface area contributed by atoms with E-state index in [2.05, 4.69) is 46.6 Å². The van der Waals surface area contributed by atoms with Crippen molar-refractivity contribution in [3.8, 4) is 5.95 Å². The van der Waals surface area contributed by atoms with E-state index in [0.717, 1.165) is 10.0 Å². The fourth-order valence-corrected chi connectivity index (χ4v) is 2.83. The second-order valence-corrected chi connectivity index (χ2v) is 6.24. The molecule has 0 aliphatic heterocycles. The molecule has 128 valence electrons. The minimum atomic E-state index is -0.393. The molecule has 2 heterocycles. The molecule has 25 heavy (non-hydrogen) atoms. The molecular weight excluding hydrogens is 386 g/mol. The Labute approximate surface area is 152 Å². The van der Waals surface area contributed by atoms with Crippen LogP contribution in [0.3, 0.4) is 0 Å². The van der Waals surface area contributed by atoms with Gasteiger partial charge in [0.2, 0.25) is 0 Å². The Morgan fingerprint density at radius 3 is 2.72 bits per heavy atom. The van der Waals surface area contributed by atoms with Gasteiger partial charge in [-0.15, -0.1) is 0 Å². The smallest absolute Gasteiger partial charge is 0.319 e. The Morgan fingerprint density at radius 1 is 1.24 bits per heavy atom. The van der Waals surface area contributed by atoms with E-state index in [1.807, 2.05) is 32.0 Å². The topological polar surface area (TPSA) is 97.6 Å². The first-order valence-electron chi connectivity index (χ1n) is 7.55. The predicted molar refractivity (Wildman–Crippen MR) is 96.4 cm³/mol. The third-order valence-corrected chi connectivity index (χ3v) is 4.08. The van der Waals surface area contributed by atoms with E-state index in [9.17, 15) is 4.79 Å². The lowest BCUT2D eigenvalue weighted by Gasteiger charge is -2.15. The average Bonchev–Trinajstić information content (AvgIpc) is 3.08. The maximum atomic E-state index is 12.3. The number of aromatic nitrogens is 5. The fraction of sp³-hybridized carbons (Fsp3) is 0.188. The van der Waals surface area contributed by atoms with Crippen molar-refractivity contribution < 1.29 is 4.79 Å². The summed E-state index contributed by atoms with van der Waals surface area (Å²) in [5.74, 6) is 0.926. The molecule has 3 rings (SSSR count). The molecule has 1 unspecified atom stereocenters. The van der Waals surface area contributed by atoms with Crippen molar-refractivity contribution in [3.63, 3.8) is 0 Å². The number of carbonyl (C=O) groups is 1. The van der Waals surface area contributed by atoms with E-state index >= 15 is 0 Å². The normalized spacial score (nSPS) is 11.8. The minimum absolute atomic E-state index is 0.347. The number of nitrogens with zero attached hydrogens (tertiary/aromatic N) is 5. The van der Waals surface area contributed by atoms with Gasteiger partial charge in [0, 0.05) is 16.9 Å². The summed E-state index contributed by atoms with van der Waals surface area (Å²) in [6.07, 6.45) is 4.64. The van der Waals surface area contributed by atoms with Crippen molar-refractivity contribution in [1.29, 1.82) is 0 Å². The summed E-state index contributed by atoms with van der Waals surface area (Å²) in [4.78, 5) is 24.8. The highest BCUT2D eigenvalue weighted by Crippen LogP contribution is 2.23. The Hall–Kier alpha value is -2.81. The van der Waals surface area contributed by atoms with Crippen LogP contribution in [0.25, 0.3) is 5.95 Å². The molecule has 2 aromatic heterocycles. The number of hydrogen-bond donors (Lipinski definition) is 2. The van der Waals surface area contributed by atoms with E-state index in [1.165, 1.54) is 11.0 Å². The monoisotopic (exact) mass is 401 g/mol. The van der Waals surface area contributed by atoms with Crippen LogP contribution >= 0.6 is 15.9 Å². The van der Waals surface area contributed by atoms with Crippen molar-refractivity contribution in [2.24, 2.45) is 0 Å². The lowest BCUT2D eigenvalue weighted by atomic mass is 10.2. The highest BCUT2D eigenvalue weighted by Gasteiger charge is 2.18. The summed E-state index contributed by atoms with van der Waals surface area (Å²) in [5, 5.41) is 9.76. The SMILES string of the molecule is Cc1ccc(NC(=O)NC(C)c2ncnn2-c2ncccn2)c(Br)c1. The van der Waals surface area contributed by atoms with E-state index in [4.69, 9.17) is 0 Å². The van der Waals surface area contributed by atoms with Crippen LogP contribution in [-0.4, -0.2) is 30.8 Å². The van der Waals surface area contributed by atoms with Crippen LogP contribution in [-0.2, 0) is 0 Å². The largest absolute Gasteiger partial charge is 0.328 e. The number of halogens is 1. The predicted octanol–water partition coefficient (Wildman–Crippen LogP) is 3.01. The van der Waals surface area contributed by atoms with Crippen LogP contribution < -0.4 is 10.6 Å². The molecule has 9 heteroatoms. The number of amides is 2. The lowest BCUT2D eigenvalue weighted by Crippen LogP contribution is -2.32. The molecular formula is C16H16BrN7O. The van der Waals surface area contributed by atoms with Crippen molar-refractivity contribution >= 4 is 27.6 Å². The molecule has 8 nitrogen and oxygen atoms in total. The van der Waals surface area contributed by atoms with Gasteiger partial charge in [0.05, 0.1) is 11.7 Å². The number of benzene rings is 1. The summed E-state index contributed by atoms with van der Waals surface area (Å²) in [5.41, 5.74) is 1.78. The Balaban J connectivity index is 1.71. The molecule has 0 saturated carbocycles. The van der Waals surface area contributed by atoms with Gasteiger partial charge in [0.25, 0.3) is 5.95 Å². The Kier molecular flexibility index (Phi) is 5.03. The van der Waals surface area contributed by atoms with Gasteiger partial charge in [-0.25, -0.2) is 19.7 Å². The summed E-state index contributed by atoms with van der Waals surface area (Å²) >= 11 is 3.44. The Bertz CT molecular complexity index is 881. The number of urea groups is 1. The van der Waals surface area contributed by atoms with Crippen molar-refractivity contribution in [2.75, 3.05) is 5.32 Å². The number of aryl methyl sites for hydroxylation is 1. The van der Waals surface area contributed by atoms with Gasteiger partial charge < -0.3 is 10.6 Å². The summed E-state index contributed by atoms with van der Waals surface area (Å²) in [7, 11) is 0. The number of rotatable bonds is 4. The lowest BCUT2D eigenvalue weighted by molar-refractivity contribution is 0.248. The van der Waals surface area contributed by atoms with Crippen molar-refractivity contribution in [2.45, 2.75) is 19.9 Å². The van der Waals surface area contributed by atoms with Gasteiger partial charge in [-0.05, 0) is 53.5 Å². The van der Waals surface area contributed by atoms with Gasteiger partial charge in [-0.1, -0.05) is 6.07 Å². The van der Waals surface area contributed by atoms with Crippen molar-refractivity contribution in [1.82, 2.24) is 30.0 Å².